The maximum Gasteiger partial charge on any atom is 0.238 e. The molecule has 30 heavy (non-hydrogen) atoms. The molecule has 3 rings (SSSR count). The molecule has 0 aliphatic rings. The summed E-state index contributed by atoms with van der Waals surface area (Å²) in [5.41, 5.74) is 4.15. The van der Waals surface area contributed by atoms with Gasteiger partial charge in [0.25, 0.3) is 0 Å². The number of nitriles is 1. The van der Waals surface area contributed by atoms with Gasteiger partial charge in [-0.05, 0) is 52.6 Å². The molecule has 5 heteroatoms. The van der Waals surface area contributed by atoms with Gasteiger partial charge in [0, 0.05) is 10.6 Å². The summed E-state index contributed by atoms with van der Waals surface area (Å²) in [5.74, 6) is 0.528. The molecule has 0 saturated heterocycles. The molecule has 0 unspecified atom stereocenters. The number of hydrogen-bond acceptors (Lipinski definition) is 4. The summed E-state index contributed by atoms with van der Waals surface area (Å²) in [6.45, 7) is 4.65. The summed E-state index contributed by atoms with van der Waals surface area (Å²) in [6.07, 6.45) is 1.43. The molecule has 1 atom stereocenters. The van der Waals surface area contributed by atoms with E-state index in [1.54, 1.807) is 11.3 Å². The van der Waals surface area contributed by atoms with Gasteiger partial charge in [-0.3, -0.25) is 10.1 Å². The SMILES string of the molecule is CC(C)Cc1ccc([C@@H](NCC(=O)Nc2ccc(CC#N)cc2)c2cccs2)cc1. The van der Waals surface area contributed by atoms with Gasteiger partial charge >= 0.3 is 0 Å². The third kappa shape index (κ3) is 6.28. The molecule has 2 aromatic carbocycles. The van der Waals surface area contributed by atoms with Gasteiger partial charge in [-0.1, -0.05) is 56.3 Å². The van der Waals surface area contributed by atoms with Crippen molar-refractivity contribution >= 4 is 22.9 Å². The lowest BCUT2D eigenvalue weighted by Gasteiger charge is -2.19. The molecule has 4 nitrogen and oxygen atoms in total. The highest BCUT2D eigenvalue weighted by molar-refractivity contribution is 7.10. The zero-order valence-electron chi connectivity index (χ0n) is 17.4. The zero-order valence-corrected chi connectivity index (χ0v) is 18.2. The highest BCUT2D eigenvalue weighted by atomic mass is 32.1. The molecule has 0 fully saturated rings. The Balaban J connectivity index is 1.64. The average molecular weight is 418 g/mol. The first-order valence-corrected chi connectivity index (χ1v) is 11.0. The number of nitrogens with zero attached hydrogens (tertiary/aromatic N) is 1. The lowest BCUT2D eigenvalue weighted by Crippen LogP contribution is -2.31. The molecule has 1 aromatic heterocycles. The standard InChI is InChI=1S/C25H27N3OS/c1-18(2)16-20-5-9-21(10-6-20)25(23-4-3-15-30-23)27-17-24(29)28-22-11-7-19(8-12-22)13-14-26/h3-12,15,18,25,27H,13,16-17H2,1-2H3,(H,28,29)/t25-/m1/s1. The second-order valence-corrected chi connectivity index (χ2v) is 8.73. The fraction of sp³-hybridized carbons (Fsp3) is 0.280. The van der Waals surface area contributed by atoms with Crippen molar-refractivity contribution in [3.8, 4) is 6.07 Å². The number of nitrogens with one attached hydrogen (secondary N) is 2. The van der Waals surface area contributed by atoms with E-state index in [1.807, 2.05) is 30.3 Å². The number of carbonyl (C=O) groups is 1. The van der Waals surface area contributed by atoms with Crippen LogP contribution in [-0.2, 0) is 17.6 Å². The first kappa shape index (κ1) is 21.8. The normalized spacial score (nSPS) is 11.8. The Morgan fingerprint density at radius 3 is 2.33 bits per heavy atom. The first-order valence-electron chi connectivity index (χ1n) is 10.2. The van der Waals surface area contributed by atoms with Gasteiger partial charge < -0.3 is 5.32 Å². The van der Waals surface area contributed by atoms with Gasteiger partial charge in [-0.25, -0.2) is 0 Å². The van der Waals surface area contributed by atoms with Crippen LogP contribution in [0.15, 0.2) is 66.0 Å². The Bertz CT molecular complexity index is 971. The number of rotatable bonds is 9. The van der Waals surface area contributed by atoms with Crippen LogP contribution in [0.2, 0.25) is 0 Å². The Hall–Kier alpha value is -2.94. The van der Waals surface area contributed by atoms with Crippen molar-refractivity contribution in [2.45, 2.75) is 32.7 Å². The monoisotopic (exact) mass is 417 g/mol. The van der Waals surface area contributed by atoms with Crippen molar-refractivity contribution in [3.63, 3.8) is 0 Å². The fourth-order valence-electron chi connectivity index (χ4n) is 3.35. The summed E-state index contributed by atoms with van der Waals surface area (Å²) >= 11 is 1.68. The molecule has 0 aliphatic carbocycles. The molecule has 1 amide bonds. The smallest absolute Gasteiger partial charge is 0.238 e. The topological polar surface area (TPSA) is 64.9 Å². The third-order valence-corrected chi connectivity index (χ3v) is 5.71. The molecule has 0 spiro atoms. The van der Waals surface area contributed by atoms with E-state index in [9.17, 15) is 4.79 Å². The van der Waals surface area contributed by atoms with E-state index in [0.717, 1.165) is 23.2 Å². The van der Waals surface area contributed by atoms with Crippen LogP contribution >= 0.6 is 11.3 Å². The van der Waals surface area contributed by atoms with Crippen LogP contribution in [0.5, 0.6) is 0 Å². The molecule has 0 bridgehead atoms. The Labute approximate surface area is 182 Å². The first-order chi connectivity index (χ1) is 14.5. The number of anilines is 1. The Kier molecular flexibility index (Phi) is 7.78. The Morgan fingerprint density at radius 1 is 1.03 bits per heavy atom. The average Bonchev–Trinajstić information content (AvgIpc) is 3.25. The van der Waals surface area contributed by atoms with E-state index in [-0.39, 0.29) is 18.5 Å². The van der Waals surface area contributed by atoms with Crippen LogP contribution in [0.1, 0.15) is 41.5 Å². The lowest BCUT2D eigenvalue weighted by molar-refractivity contribution is -0.115. The lowest BCUT2D eigenvalue weighted by atomic mass is 9.99. The second-order valence-electron chi connectivity index (χ2n) is 7.75. The minimum absolute atomic E-state index is 0.0261. The molecule has 0 aliphatic heterocycles. The van der Waals surface area contributed by atoms with Gasteiger partial charge in [-0.2, -0.15) is 5.26 Å². The number of hydrogen-bond donors (Lipinski definition) is 2. The van der Waals surface area contributed by atoms with E-state index >= 15 is 0 Å². The highest BCUT2D eigenvalue weighted by Gasteiger charge is 2.16. The predicted molar refractivity (Wildman–Crippen MR) is 124 cm³/mol. The maximum atomic E-state index is 12.5. The van der Waals surface area contributed by atoms with Crippen molar-refractivity contribution in [1.29, 1.82) is 5.26 Å². The third-order valence-electron chi connectivity index (χ3n) is 4.77. The highest BCUT2D eigenvalue weighted by Crippen LogP contribution is 2.26. The van der Waals surface area contributed by atoms with Gasteiger partial charge in [0.1, 0.15) is 0 Å². The van der Waals surface area contributed by atoms with E-state index in [2.05, 4.69) is 66.3 Å². The van der Waals surface area contributed by atoms with Crippen LogP contribution in [0.3, 0.4) is 0 Å². The molecule has 2 N–H and O–H groups in total. The molecular formula is C25H27N3OS. The van der Waals surface area contributed by atoms with Crippen molar-refractivity contribution in [3.05, 3.63) is 87.6 Å². The summed E-state index contributed by atoms with van der Waals surface area (Å²) < 4.78 is 0. The van der Waals surface area contributed by atoms with Crippen molar-refractivity contribution in [2.75, 3.05) is 11.9 Å². The quantitative estimate of drug-likeness (QED) is 0.494. The van der Waals surface area contributed by atoms with Crippen molar-refractivity contribution in [2.24, 2.45) is 5.92 Å². The van der Waals surface area contributed by atoms with E-state index < -0.39 is 0 Å². The molecule has 1 heterocycles. The molecule has 154 valence electrons. The largest absolute Gasteiger partial charge is 0.325 e. The van der Waals surface area contributed by atoms with Crippen molar-refractivity contribution in [1.82, 2.24) is 5.32 Å². The summed E-state index contributed by atoms with van der Waals surface area (Å²) in [7, 11) is 0. The van der Waals surface area contributed by atoms with E-state index in [1.165, 1.54) is 10.4 Å². The number of benzene rings is 2. The fourth-order valence-corrected chi connectivity index (χ4v) is 4.18. The number of thiophene rings is 1. The summed E-state index contributed by atoms with van der Waals surface area (Å²) in [5, 5.41) is 17.1. The van der Waals surface area contributed by atoms with E-state index in [4.69, 9.17) is 5.26 Å². The number of carbonyl (C=O) groups excluding carboxylic acids is 1. The predicted octanol–water partition coefficient (Wildman–Crippen LogP) is 5.33. The molecule has 0 radical (unpaired) electrons. The van der Waals surface area contributed by atoms with Crippen LogP contribution in [-0.4, -0.2) is 12.5 Å². The minimum atomic E-state index is -0.0963. The molecular weight excluding hydrogens is 390 g/mol. The van der Waals surface area contributed by atoms with Crippen LogP contribution in [0, 0.1) is 17.2 Å². The minimum Gasteiger partial charge on any atom is -0.325 e. The van der Waals surface area contributed by atoms with Gasteiger partial charge in [0.05, 0.1) is 25.1 Å². The van der Waals surface area contributed by atoms with Crippen LogP contribution in [0.25, 0.3) is 0 Å². The second kappa shape index (κ2) is 10.7. The zero-order chi connectivity index (χ0) is 21.3. The van der Waals surface area contributed by atoms with Crippen LogP contribution in [0.4, 0.5) is 5.69 Å². The maximum absolute atomic E-state index is 12.5. The number of amides is 1. The molecule has 0 saturated carbocycles. The summed E-state index contributed by atoms with van der Waals surface area (Å²) in [4.78, 5) is 13.7. The van der Waals surface area contributed by atoms with Crippen LogP contribution < -0.4 is 10.6 Å². The van der Waals surface area contributed by atoms with Crippen molar-refractivity contribution < 1.29 is 4.79 Å². The van der Waals surface area contributed by atoms with E-state index in [0.29, 0.717) is 12.3 Å². The van der Waals surface area contributed by atoms with Gasteiger partial charge in [-0.15, -0.1) is 11.3 Å². The summed E-state index contributed by atoms with van der Waals surface area (Å²) in [6, 6.07) is 22.3. The van der Waals surface area contributed by atoms with Gasteiger partial charge in [0.15, 0.2) is 0 Å². The Morgan fingerprint density at radius 2 is 1.73 bits per heavy atom. The molecule has 3 aromatic rings. The van der Waals surface area contributed by atoms with Gasteiger partial charge in [0.2, 0.25) is 5.91 Å².